The van der Waals surface area contributed by atoms with Crippen LogP contribution in [0.1, 0.15) is 29.6 Å². The molecular weight excluding hydrogens is 340 g/mol. The van der Waals surface area contributed by atoms with Crippen molar-refractivity contribution >= 4 is 17.8 Å². The molecule has 0 bridgehead atoms. The molecule has 0 aromatic heterocycles. The maximum absolute atomic E-state index is 12.2. The van der Waals surface area contributed by atoms with E-state index in [4.69, 9.17) is 14.6 Å². The van der Waals surface area contributed by atoms with Crippen LogP contribution >= 0.6 is 0 Å². The van der Waals surface area contributed by atoms with Gasteiger partial charge in [0.05, 0.1) is 20.8 Å². The highest BCUT2D eigenvalue weighted by Gasteiger charge is 2.24. The number of likely N-dealkylation sites (tertiary alicyclic amines) is 1. The number of aliphatic carboxylic acids is 1. The first-order valence-electron chi connectivity index (χ1n) is 8.44. The lowest BCUT2D eigenvalue weighted by molar-refractivity contribution is -0.138. The zero-order valence-electron chi connectivity index (χ0n) is 15.0. The van der Waals surface area contributed by atoms with Gasteiger partial charge in [0.25, 0.3) is 5.91 Å². The number of hydrogen-bond acceptors (Lipinski definition) is 5. The molecule has 1 aromatic carbocycles. The van der Waals surface area contributed by atoms with Gasteiger partial charge in [0.2, 0.25) is 5.91 Å². The minimum atomic E-state index is -0.808. The average Bonchev–Trinajstić information content (AvgIpc) is 2.65. The fourth-order valence-electron chi connectivity index (χ4n) is 2.98. The smallest absolute Gasteiger partial charge is 0.303 e. The number of piperidine rings is 1. The zero-order chi connectivity index (χ0) is 19.1. The number of carbonyl (C=O) groups is 3. The number of methoxy groups -OCH3 is 2. The molecule has 0 saturated carbocycles. The number of benzene rings is 1. The van der Waals surface area contributed by atoms with Crippen LogP contribution in [0.25, 0.3) is 0 Å². The molecule has 0 aliphatic carbocycles. The van der Waals surface area contributed by atoms with Crippen molar-refractivity contribution in [3.63, 3.8) is 0 Å². The fourth-order valence-corrected chi connectivity index (χ4v) is 2.98. The highest BCUT2D eigenvalue weighted by molar-refractivity contribution is 5.97. The highest BCUT2D eigenvalue weighted by atomic mass is 16.5. The summed E-state index contributed by atoms with van der Waals surface area (Å²) in [4.78, 5) is 36.9. The molecule has 1 aliphatic rings. The molecule has 1 fully saturated rings. The normalized spacial score (nSPS) is 14.6. The number of ether oxygens (including phenoxy) is 2. The predicted octanol–water partition coefficient (Wildman–Crippen LogP) is 1.15. The van der Waals surface area contributed by atoms with Crippen LogP contribution < -0.4 is 14.8 Å². The van der Waals surface area contributed by atoms with Gasteiger partial charge in [-0.05, 0) is 37.0 Å². The Bertz CT molecular complexity index is 668. The molecule has 0 radical (unpaired) electrons. The molecule has 26 heavy (non-hydrogen) atoms. The van der Waals surface area contributed by atoms with E-state index >= 15 is 0 Å². The van der Waals surface area contributed by atoms with Gasteiger partial charge in [-0.3, -0.25) is 14.4 Å². The molecule has 142 valence electrons. The average molecular weight is 364 g/mol. The first kappa shape index (κ1) is 19.6. The monoisotopic (exact) mass is 364 g/mol. The Hall–Kier alpha value is -2.77. The summed E-state index contributed by atoms with van der Waals surface area (Å²) in [5.41, 5.74) is 0.371. The summed E-state index contributed by atoms with van der Waals surface area (Å²) in [6, 6.07) is 4.78. The molecule has 2 rings (SSSR count). The predicted molar refractivity (Wildman–Crippen MR) is 93.4 cm³/mol. The van der Waals surface area contributed by atoms with Gasteiger partial charge < -0.3 is 24.8 Å². The lowest BCUT2D eigenvalue weighted by Gasteiger charge is -2.31. The van der Waals surface area contributed by atoms with Crippen LogP contribution in [0, 0.1) is 5.92 Å². The number of amides is 2. The van der Waals surface area contributed by atoms with Crippen LogP contribution in [-0.2, 0) is 9.59 Å². The quantitative estimate of drug-likeness (QED) is 0.752. The van der Waals surface area contributed by atoms with Gasteiger partial charge in [-0.1, -0.05) is 0 Å². The van der Waals surface area contributed by atoms with E-state index in [2.05, 4.69) is 5.32 Å². The molecule has 1 saturated heterocycles. The van der Waals surface area contributed by atoms with E-state index in [1.807, 2.05) is 0 Å². The Balaban J connectivity index is 1.84. The standard InChI is InChI=1S/C18H24N2O6/c1-25-14-4-3-13(10-15(14)26-2)18(24)19-11-16(21)20-7-5-12(6-8-20)9-17(22)23/h3-4,10,12H,5-9,11H2,1-2H3,(H,19,24)(H,22,23). The van der Waals surface area contributed by atoms with Crippen molar-refractivity contribution in [2.45, 2.75) is 19.3 Å². The molecule has 1 aromatic rings. The van der Waals surface area contributed by atoms with Crippen LogP contribution in [-0.4, -0.2) is 61.6 Å². The van der Waals surface area contributed by atoms with E-state index in [1.165, 1.54) is 14.2 Å². The summed E-state index contributed by atoms with van der Waals surface area (Å²) in [6.07, 6.45) is 1.47. The van der Waals surface area contributed by atoms with E-state index in [-0.39, 0.29) is 30.7 Å². The molecule has 0 unspecified atom stereocenters. The first-order valence-corrected chi connectivity index (χ1v) is 8.44. The maximum Gasteiger partial charge on any atom is 0.303 e. The topological polar surface area (TPSA) is 105 Å². The lowest BCUT2D eigenvalue weighted by Crippen LogP contribution is -2.44. The molecule has 0 atom stereocenters. The van der Waals surface area contributed by atoms with Gasteiger partial charge >= 0.3 is 5.97 Å². The maximum atomic E-state index is 12.2. The van der Waals surface area contributed by atoms with E-state index in [1.54, 1.807) is 23.1 Å². The summed E-state index contributed by atoms with van der Waals surface area (Å²) in [5.74, 6) is -0.293. The molecule has 2 N–H and O–H groups in total. The zero-order valence-corrected chi connectivity index (χ0v) is 15.0. The van der Waals surface area contributed by atoms with Crippen LogP contribution in [0.2, 0.25) is 0 Å². The lowest BCUT2D eigenvalue weighted by atomic mass is 9.93. The minimum Gasteiger partial charge on any atom is -0.493 e. The molecule has 0 spiro atoms. The van der Waals surface area contributed by atoms with Crippen LogP contribution in [0.15, 0.2) is 18.2 Å². The van der Waals surface area contributed by atoms with Crippen molar-refractivity contribution < 1.29 is 29.0 Å². The molecule has 8 heteroatoms. The summed E-state index contributed by atoms with van der Waals surface area (Å²) in [6.45, 7) is 0.933. The van der Waals surface area contributed by atoms with Crippen molar-refractivity contribution in [3.8, 4) is 11.5 Å². The summed E-state index contributed by atoms with van der Waals surface area (Å²) in [5, 5.41) is 11.4. The largest absolute Gasteiger partial charge is 0.493 e. The highest BCUT2D eigenvalue weighted by Crippen LogP contribution is 2.27. The third kappa shape index (κ3) is 5.11. The summed E-state index contributed by atoms with van der Waals surface area (Å²) >= 11 is 0. The van der Waals surface area contributed by atoms with E-state index < -0.39 is 5.97 Å². The van der Waals surface area contributed by atoms with Crippen LogP contribution in [0.4, 0.5) is 0 Å². The second-order valence-electron chi connectivity index (χ2n) is 6.17. The van der Waals surface area contributed by atoms with Gasteiger partial charge in [-0.25, -0.2) is 0 Å². The van der Waals surface area contributed by atoms with Gasteiger partial charge in [0, 0.05) is 25.1 Å². The molecule has 2 amide bonds. The summed E-state index contributed by atoms with van der Waals surface area (Å²) < 4.78 is 10.3. The van der Waals surface area contributed by atoms with E-state index in [9.17, 15) is 14.4 Å². The van der Waals surface area contributed by atoms with Gasteiger partial charge in [0.1, 0.15) is 0 Å². The van der Waals surface area contributed by atoms with Crippen molar-refractivity contribution in [1.82, 2.24) is 10.2 Å². The van der Waals surface area contributed by atoms with Crippen LogP contribution in [0.5, 0.6) is 11.5 Å². The number of hydrogen-bond donors (Lipinski definition) is 2. The molecule has 1 heterocycles. The van der Waals surface area contributed by atoms with Crippen LogP contribution in [0.3, 0.4) is 0 Å². The van der Waals surface area contributed by atoms with Gasteiger partial charge in [-0.15, -0.1) is 0 Å². The van der Waals surface area contributed by atoms with E-state index in [0.29, 0.717) is 43.0 Å². The Kier molecular flexibility index (Phi) is 6.82. The third-order valence-electron chi connectivity index (χ3n) is 4.48. The number of carboxylic acids is 1. The first-order chi connectivity index (χ1) is 12.4. The number of carbonyl (C=O) groups excluding carboxylic acids is 2. The van der Waals surface area contributed by atoms with E-state index in [0.717, 1.165) is 0 Å². The number of rotatable bonds is 7. The Morgan fingerprint density at radius 3 is 2.38 bits per heavy atom. The van der Waals surface area contributed by atoms with Crippen molar-refractivity contribution in [1.29, 1.82) is 0 Å². The Labute approximate surface area is 152 Å². The van der Waals surface area contributed by atoms with Crippen molar-refractivity contribution in [2.75, 3.05) is 33.9 Å². The van der Waals surface area contributed by atoms with Crippen molar-refractivity contribution in [2.24, 2.45) is 5.92 Å². The molecule has 1 aliphatic heterocycles. The third-order valence-corrected chi connectivity index (χ3v) is 4.48. The Morgan fingerprint density at radius 1 is 1.15 bits per heavy atom. The van der Waals surface area contributed by atoms with Gasteiger partial charge in [0.15, 0.2) is 11.5 Å². The minimum absolute atomic E-state index is 0.100. The second kappa shape index (κ2) is 9.07. The van der Waals surface area contributed by atoms with Crippen molar-refractivity contribution in [3.05, 3.63) is 23.8 Å². The Morgan fingerprint density at radius 2 is 1.81 bits per heavy atom. The van der Waals surface area contributed by atoms with Gasteiger partial charge in [-0.2, -0.15) is 0 Å². The number of carboxylic acid groups (broad SMARTS) is 1. The second-order valence-corrected chi connectivity index (χ2v) is 6.17. The number of nitrogens with zero attached hydrogens (tertiary/aromatic N) is 1. The fraction of sp³-hybridized carbons (Fsp3) is 0.500. The molecular formula is C18H24N2O6. The SMILES string of the molecule is COc1ccc(C(=O)NCC(=O)N2CCC(CC(=O)O)CC2)cc1OC. The number of nitrogens with one attached hydrogen (secondary N) is 1. The molecule has 8 nitrogen and oxygen atoms in total. The summed E-state index contributed by atoms with van der Waals surface area (Å²) in [7, 11) is 2.99.